The number of methoxy groups -OCH3 is 1. The Balaban J connectivity index is 2.55. The lowest BCUT2D eigenvalue weighted by atomic mass is 10.1. The molecule has 0 amide bonds. The van der Waals surface area contributed by atoms with Crippen molar-refractivity contribution in [2.45, 2.75) is 20.4 Å². The number of nitrogens with zero attached hydrogens (tertiary/aromatic N) is 2. The number of carbonyl (C=O) groups excluding carboxylic acids is 1. The number of hydrogen-bond donors (Lipinski definition) is 1. The summed E-state index contributed by atoms with van der Waals surface area (Å²) in [6.45, 7) is 5.15. The highest BCUT2D eigenvalue weighted by Crippen LogP contribution is 2.06. The molecule has 1 unspecified atom stereocenters. The molecule has 1 aromatic rings. The first-order valence-electron chi connectivity index (χ1n) is 7.03. The monoisotopic (exact) mass is 291 g/mol. The summed E-state index contributed by atoms with van der Waals surface area (Å²) >= 11 is 0. The van der Waals surface area contributed by atoms with Gasteiger partial charge in [0.05, 0.1) is 13.0 Å². The van der Waals surface area contributed by atoms with Crippen molar-refractivity contribution in [2.75, 3.05) is 27.7 Å². The number of guanidine groups is 1. The molecule has 1 atom stereocenters. The molecule has 0 saturated carbocycles. The zero-order chi connectivity index (χ0) is 15.8. The Morgan fingerprint density at radius 3 is 2.52 bits per heavy atom. The lowest BCUT2D eigenvalue weighted by molar-refractivity contribution is -0.144. The maximum atomic E-state index is 11.4. The van der Waals surface area contributed by atoms with Crippen molar-refractivity contribution in [3.05, 3.63) is 35.4 Å². The second-order valence-electron chi connectivity index (χ2n) is 5.19. The molecule has 116 valence electrons. The highest BCUT2D eigenvalue weighted by molar-refractivity contribution is 5.80. The zero-order valence-electron chi connectivity index (χ0n) is 13.5. The summed E-state index contributed by atoms with van der Waals surface area (Å²) in [5, 5.41) is 3.19. The normalized spacial score (nSPS) is 12.7. The van der Waals surface area contributed by atoms with Crippen molar-refractivity contribution in [1.82, 2.24) is 10.2 Å². The predicted octanol–water partition coefficient (Wildman–Crippen LogP) is 1.81. The van der Waals surface area contributed by atoms with Gasteiger partial charge in [-0.3, -0.25) is 9.79 Å². The first-order valence-corrected chi connectivity index (χ1v) is 7.03. The van der Waals surface area contributed by atoms with Crippen molar-refractivity contribution in [3.8, 4) is 0 Å². The van der Waals surface area contributed by atoms with Crippen LogP contribution in [0.15, 0.2) is 29.3 Å². The highest BCUT2D eigenvalue weighted by Gasteiger charge is 2.14. The number of benzene rings is 1. The van der Waals surface area contributed by atoms with Crippen LogP contribution in [-0.2, 0) is 16.1 Å². The lowest BCUT2D eigenvalue weighted by Crippen LogP contribution is -2.41. The van der Waals surface area contributed by atoms with Gasteiger partial charge in [0.15, 0.2) is 5.96 Å². The molecule has 1 N–H and O–H groups in total. The molecule has 21 heavy (non-hydrogen) atoms. The van der Waals surface area contributed by atoms with Gasteiger partial charge in [0.1, 0.15) is 0 Å². The Morgan fingerprint density at radius 1 is 1.38 bits per heavy atom. The van der Waals surface area contributed by atoms with E-state index in [0.717, 1.165) is 12.5 Å². The third-order valence-corrected chi connectivity index (χ3v) is 3.28. The SMILES string of the molecule is CN=C(NCC(C)C(=O)OC)N(C)Cc1ccc(C)cc1. The van der Waals surface area contributed by atoms with Crippen LogP contribution < -0.4 is 5.32 Å². The van der Waals surface area contributed by atoms with E-state index < -0.39 is 0 Å². The van der Waals surface area contributed by atoms with Gasteiger partial charge in [0.25, 0.3) is 0 Å². The van der Waals surface area contributed by atoms with E-state index in [9.17, 15) is 4.79 Å². The van der Waals surface area contributed by atoms with Crippen LogP contribution in [0, 0.1) is 12.8 Å². The lowest BCUT2D eigenvalue weighted by Gasteiger charge is -2.23. The number of ether oxygens (including phenoxy) is 1. The number of hydrogen-bond acceptors (Lipinski definition) is 3. The second-order valence-corrected chi connectivity index (χ2v) is 5.19. The van der Waals surface area contributed by atoms with Crippen molar-refractivity contribution in [2.24, 2.45) is 10.9 Å². The van der Waals surface area contributed by atoms with E-state index in [1.807, 2.05) is 18.9 Å². The smallest absolute Gasteiger partial charge is 0.310 e. The van der Waals surface area contributed by atoms with Crippen LogP contribution in [-0.4, -0.2) is 44.6 Å². The van der Waals surface area contributed by atoms with Gasteiger partial charge in [0.2, 0.25) is 0 Å². The van der Waals surface area contributed by atoms with Crippen molar-refractivity contribution in [3.63, 3.8) is 0 Å². The van der Waals surface area contributed by atoms with Crippen LogP contribution in [0.25, 0.3) is 0 Å². The average Bonchev–Trinajstić information content (AvgIpc) is 2.49. The number of aryl methyl sites for hydroxylation is 1. The Bertz CT molecular complexity index is 483. The topological polar surface area (TPSA) is 53.9 Å². The van der Waals surface area contributed by atoms with Gasteiger partial charge < -0.3 is 15.0 Å². The van der Waals surface area contributed by atoms with Crippen LogP contribution in [0.3, 0.4) is 0 Å². The Kier molecular flexibility index (Phi) is 6.72. The molecule has 0 aliphatic carbocycles. The number of rotatable bonds is 5. The molecular formula is C16H25N3O2. The maximum Gasteiger partial charge on any atom is 0.310 e. The molecule has 0 aromatic heterocycles. The maximum absolute atomic E-state index is 11.4. The average molecular weight is 291 g/mol. The van der Waals surface area contributed by atoms with E-state index in [1.165, 1.54) is 18.2 Å². The largest absolute Gasteiger partial charge is 0.469 e. The van der Waals surface area contributed by atoms with Gasteiger partial charge >= 0.3 is 5.97 Å². The molecule has 0 radical (unpaired) electrons. The van der Waals surface area contributed by atoms with Gasteiger partial charge in [0, 0.05) is 27.2 Å². The molecular weight excluding hydrogens is 266 g/mol. The fraction of sp³-hybridized carbons (Fsp3) is 0.500. The molecule has 1 aromatic carbocycles. The zero-order valence-corrected chi connectivity index (χ0v) is 13.5. The number of nitrogens with one attached hydrogen (secondary N) is 1. The third-order valence-electron chi connectivity index (χ3n) is 3.28. The van der Waals surface area contributed by atoms with Gasteiger partial charge in [-0.05, 0) is 12.5 Å². The van der Waals surface area contributed by atoms with Crippen molar-refractivity contribution < 1.29 is 9.53 Å². The van der Waals surface area contributed by atoms with E-state index in [-0.39, 0.29) is 11.9 Å². The van der Waals surface area contributed by atoms with Gasteiger partial charge in [-0.2, -0.15) is 0 Å². The summed E-state index contributed by atoms with van der Waals surface area (Å²) in [4.78, 5) is 17.7. The second kappa shape index (κ2) is 8.29. The van der Waals surface area contributed by atoms with Crippen LogP contribution in [0.1, 0.15) is 18.1 Å². The summed E-state index contributed by atoms with van der Waals surface area (Å²) in [7, 11) is 5.10. The summed E-state index contributed by atoms with van der Waals surface area (Å²) < 4.78 is 4.71. The minimum Gasteiger partial charge on any atom is -0.469 e. The van der Waals surface area contributed by atoms with E-state index in [4.69, 9.17) is 4.74 Å². The quantitative estimate of drug-likeness (QED) is 0.511. The van der Waals surface area contributed by atoms with Crippen LogP contribution in [0.5, 0.6) is 0 Å². The molecule has 5 heteroatoms. The first kappa shape index (κ1) is 17.0. The number of esters is 1. The minimum absolute atomic E-state index is 0.209. The van der Waals surface area contributed by atoms with Crippen molar-refractivity contribution in [1.29, 1.82) is 0 Å². The summed E-state index contributed by atoms with van der Waals surface area (Å²) in [5.41, 5.74) is 2.46. The molecule has 0 aliphatic rings. The predicted molar refractivity (Wildman–Crippen MR) is 85.2 cm³/mol. The van der Waals surface area contributed by atoms with Gasteiger partial charge in [-0.15, -0.1) is 0 Å². The summed E-state index contributed by atoms with van der Waals surface area (Å²) in [6, 6.07) is 8.41. The molecule has 0 spiro atoms. The minimum atomic E-state index is -0.223. The summed E-state index contributed by atoms with van der Waals surface area (Å²) in [6.07, 6.45) is 0. The van der Waals surface area contributed by atoms with E-state index in [1.54, 1.807) is 7.05 Å². The molecule has 0 heterocycles. The Hall–Kier alpha value is -2.04. The Morgan fingerprint density at radius 2 is 2.00 bits per heavy atom. The fourth-order valence-corrected chi connectivity index (χ4v) is 1.96. The molecule has 0 aliphatic heterocycles. The highest BCUT2D eigenvalue weighted by atomic mass is 16.5. The summed E-state index contributed by atoms with van der Waals surface area (Å²) in [5.74, 6) is 0.324. The first-order chi connectivity index (χ1) is 9.97. The van der Waals surface area contributed by atoms with E-state index in [2.05, 4.69) is 41.5 Å². The van der Waals surface area contributed by atoms with E-state index >= 15 is 0 Å². The number of aliphatic imine (C=N–C) groups is 1. The van der Waals surface area contributed by atoms with E-state index in [0.29, 0.717) is 6.54 Å². The van der Waals surface area contributed by atoms with Crippen molar-refractivity contribution >= 4 is 11.9 Å². The molecule has 0 saturated heterocycles. The molecule has 5 nitrogen and oxygen atoms in total. The van der Waals surface area contributed by atoms with Gasteiger partial charge in [-0.1, -0.05) is 36.8 Å². The van der Waals surface area contributed by atoms with Crippen LogP contribution >= 0.6 is 0 Å². The van der Waals surface area contributed by atoms with Gasteiger partial charge in [-0.25, -0.2) is 0 Å². The van der Waals surface area contributed by atoms with Crippen LogP contribution in [0.4, 0.5) is 0 Å². The van der Waals surface area contributed by atoms with Crippen LogP contribution in [0.2, 0.25) is 0 Å². The third kappa shape index (κ3) is 5.45. The molecule has 1 rings (SSSR count). The standard InChI is InChI=1S/C16H25N3O2/c1-12-6-8-14(9-7-12)11-19(4)16(17-3)18-10-13(2)15(20)21-5/h6-9,13H,10-11H2,1-5H3,(H,17,18). The number of carbonyl (C=O) groups is 1. The molecule has 0 fully saturated rings. The Labute approximate surface area is 127 Å². The fourth-order valence-electron chi connectivity index (χ4n) is 1.96. The molecule has 0 bridgehead atoms.